The van der Waals surface area contributed by atoms with Gasteiger partial charge in [0.15, 0.2) is 11.5 Å². The Balaban J connectivity index is 2.24. The second kappa shape index (κ2) is 5.89. The molecule has 0 atom stereocenters. The van der Waals surface area contributed by atoms with Crippen molar-refractivity contribution in [3.63, 3.8) is 0 Å². The number of likely N-dealkylation sites (N-methyl/N-ethyl adjacent to an activating group) is 1. The number of methoxy groups -OCH3 is 2. The molecule has 0 fully saturated rings. The first-order valence-corrected chi connectivity index (χ1v) is 7.44. The lowest BCUT2D eigenvalue weighted by atomic mass is 9.91. The summed E-state index contributed by atoms with van der Waals surface area (Å²) < 4.78 is 10.9. The number of rotatable bonds is 2. The highest BCUT2D eigenvalue weighted by atomic mass is 16.5. The molecule has 4 heteroatoms. The van der Waals surface area contributed by atoms with E-state index in [1.165, 1.54) is 22.3 Å². The van der Waals surface area contributed by atoms with Gasteiger partial charge in [-0.1, -0.05) is 6.07 Å². The lowest BCUT2D eigenvalue weighted by molar-refractivity contribution is 0.326. The van der Waals surface area contributed by atoms with Crippen LogP contribution in [-0.2, 0) is 13.0 Å². The Bertz CT molecular complexity index is 698. The zero-order valence-electron chi connectivity index (χ0n) is 13.3. The quantitative estimate of drug-likeness (QED) is 0.866. The van der Waals surface area contributed by atoms with Gasteiger partial charge in [0.05, 0.1) is 14.2 Å². The fourth-order valence-corrected chi connectivity index (χ4v) is 3.07. The van der Waals surface area contributed by atoms with E-state index in [2.05, 4.69) is 36.2 Å². The minimum absolute atomic E-state index is 0.757. The summed E-state index contributed by atoms with van der Waals surface area (Å²) >= 11 is 0. The Kier molecular flexibility index (Phi) is 3.94. The molecule has 1 heterocycles. The van der Waals surface area contributed by atoms with Crippen LogP contribution in [0.1, 0.15) is 11.1 Å². The molecule has 3 rings (SSSR count). The third-order valence-electron chi connectivity index (χ3n) is 4.23. The van der Waals surface area contributed by atoms with Crippen LogP contribution in [0.4, 0.5) is 5.69 Å². The standard InChI is InChI=1S/C18H22N2O2/c1-20-7-6-12-8-14(19)4-5-15(12)16-10-18(22-3)17(21-2)9-13(16)11-20/h4-5,8-10H,6-7,11,19H2,1-3H3. The van der Waals surface area contributed by atoms with Crippen LogP contribution in [0.5, 0.6) is 11.5 Å². The number of nitrogen functional groups attached to an aromatic ring is 1. The maximum Gasteiger partial charge on any atom is 0.161 e. The summed E-state index contributed by atoms with van der Waals surface area (Å²) in [6, 6.07) is 10.3. The summed E-state index contributed by atoms with van der Waals surface area (Å²) in [6.45, 7) is 1.89. The van der Waals surface area contributed by atoms with Crippen LogP contribution in [0.2, 0.25) is 0 Å². The summed E-state index contributed by atoms with van der Waals surface area (Å²) in [7, 11) is 5.48. The molecule has 2 aromatic carbocycles. The summed E-state index contributed by atoms with van der Waals surface area (Å²) in [6.07, 6.45) is 0.991. The fraction of sp³-hybridized carbons (Fsp3) is 0.333. The van der Waals surface area contributed by atoms with Crippen molar-refractivity contribution in [3.05, 3.63) is 41.5 Å². The van der Waals surface area contributed by atoms with E-state index in [1.807, 2.05) is 6.07 Å². The predicted molar refractivity (Wildman–Crippen MR) is 89.4 cm³/mol. The lowest BCUT2D eigenvalue weighted by Crippen LogP contribution is -2.23. The van der Waals surface area contributed by atoms with E-state index in [0.717, 1.165) is 36.7 Å². The molecule has 1 aliphatic heterocycles. The van der Waals surface area contributed by atoms with Crippen LogP contribution >= 0.6 is 0 Å². The van der Waals surface area contributed by atoms with E-state index < -0.39 is 0 Å². The van der Waals surface area contributed by atoms with E-state index in [0.29, 0.717) is 0 Å². The molecule has 2 aromatic rings. The predicted octanol–water partition coefficient (Wildman–Crippen LogP) is 2.94. The van der Waals surface area contributed by atoms with Gasteiger partial charge in [-0.3, -0.25) is 0 Å². The Hall–Kier alpha value is -2.20. The smallest absolute Gasteiger partial charge is 0.161 e. The Morgan fingerprint density at radius 2 is 1.68 bits per heavy atom. The van der Waals surface area contributed by atoms with Crippen molar-refractivity contribution >= 4 is 5.69 Å². The minimum Gasteiger partial charge on any atom is -0.493 e. The lowest BCUT2D eigenvalue weighted by Gasteiger charge is -2.25. The van der Waals surface area contributed by atoms with Crippen LogP contribution < -0.4 is 15.2 Å². The van der Waals surface area contributed by atoms with Gasteiger partial charge in [-0.25, -0.2) is 0 Å². The molecule has 116 valence electrons. The highest BCUT2D eigenvalue weighted by Crippen LogP contribution is 2.39. The third kappa shape index (κ3) is 2.62. The SMILES string of the molecule is COc1cc2c(cc1OC)-c1ccc(N)cc1CCN(C)C2. The van der Waals surface area contributed by atoms with Crippen molar-refractivity contribution in [3.8, 4) is 22.6 Å². The second-order valence-corrected chi connectivity index (χ2v) is 5.77. The normalized spacial score (nSPS) is 14.5. The van der Waals surface area contributed by atoms with E-state index in [-0.39, 0.29) is 0 Å². The first-order chi connectivity index (χ1) is 10.6. The summed E-state index contributed by atoms with van der Waals surface area (Å²) in [5.41, 5.74) is 11.7. The zero-order chi connectivity index (χ0) is 15.7. The van der Waals surface area contributed by atoms with Gasteiger partial charge in [-0.05, 0) is 60.0 Å². The van der Waals surface area contributed by atoms with Crippen molar-refractivity contribution in [2.75, 3.05) is 33.5 Å². The largest absolute Gasteiger partial charge is 0.493 e. The molecule has 0 aliphatic carbocycles. The number of hydrogen-bond donors (Lipinski definition) is 1. The van der Waals surface area contributed by atoms with E-state index in [9.17, 15) is 0 Å². The minimum atomic E-state index is 0.757. The zero-order valence-corrected chi connectivity index (χ0v) is 13.3. The van der Waals surface area contributed by atoms with Gasteiger partial charge in [0, 0.05) is 18.8 Å². The topological polar surface area (TPSA) is 47.7 Å². The third-order valence-corrected chi connectivity index (χ3v) is 4.23. The van der Waals surface area contributed by atoms with Crippen LogP contribution in [0.15, 0.2) is 30.3 Å². The molecule has 0 unspecified atom stereocenters. The molecule has 22 heavy (non-hydrogen) atoms. The monoisotopic (exact) mass is 298 g/mol. The molecule has 4 nitrogen and oxygen atoms in total. The fourth-order valence-electron chi connectivity index (χ4n) is 3.07. The molecular weight excluding hydrogens is 276 g/mol. The summed E-state index contributed by atoms with van der Waals surface area (Å²) in [5, 5.41) is 0. The number of hydrogen-bond acceptors (Lipinski definition) is 4. The average Bonchev–Trinajstić information content (AvgIpc) is 2.51. The first kappa shape index (κ1) is 14.7. The molecule has 0 spiro atoms. The van der Waals surface area contributed by atoms with Crippen molar-refractivity contribution in [1.29, 1.82) is 0 Å². The van der Waals surface area contributed by atoms with E-state index in [1.54, 1.807) is 14.2 Å². The van der Waals surface area contributed by atoms with Gasteiger partial charge < -0.3 is 20.1 Å². The highest BCUT2D eigenvalue weighted by Gasteiger charge is 2.19. The van der Waals surface area contributed by atoms with Crippen LogP contribution in [0, 0.1) is 0 Å². The second-order valence-electron chi connectivity index (χ2n) is 5.77. The number of ether oxygens (including phenoxy) is 2. The number of benzene rings is 2. The average molecular weight is 298 g/mol. The maximum atomic E-state index is 5.97. The Labute approximate surface area is 131 Å². The highest BCUT2D eigenvalue weighted by molar-refractivity contribution is 5.75. The Morgan fingerprint density at radius 1 is 0.955 bits per heavy atom. The van der Waals surface area contributed by atoms with E-state index in [4.69, 9.17) is 15.2 Å². The number of nitrogens with two attached hydrogens (primary N) is 1. The van der Waals surface area contributed by atoms with Gasteiger partial charge in [0.2, 0.25) is 0 Å². The van der Waals surface area contributed by atoms with Gasteiger partial charge in [0.25, 0.3) is 0 Å². The molecule has 2 N–H and O–H groups in total. The van der Waals surface area contributed by atoms with Gasteiger partial charge in [-0.2, -0.15) is 0 Å². The number of fused-ring (bicyclic) bond motifs is 3. The summed E-state index contributed by atoms with van der Waals surface area (Å²) in [4.78, 5) is 2.32. The van der Waals surface area contributed by atoms with Crippen LogP contribution in [-0.4, -0.2) is 32.7 Å². The Morgan fingerprint density at radius 3 is 2.41 bits per heavy atom. The van der Waals surface area contributed by atoms with Gasteiger partial charge >= 0.3 is 0 Å². The molecule has 0 bridgehead atoms. The number of nitrogens with zero attached hydrogens (tertiary/aromatic N) is 1. The maximum absolute atomic E-state index is 5.97. The molecule has 0 amide bonds. The van der Waals surface area contributed by atoms with Crippen LogP contribution in [0.25, 0.3) is 11.1 Å². The summed E-state index contributed by atoms with van der Waals surface area (Å²) in [5.74, 6) is 1.53. The van der Waals surface area contributed by atoms with Crippen LogP contribution in [0.3, 0.4) is 0 Å². The first-order valence-electron chi connectivity index (χ1n) is 7.44. The van der Waals surface area contributed by atoms with Gasteiger partial charge in [0.1, 0.15) is 0 Å². The number of anilines is 1. The molecule has 0 radical (unpaired) electrons. The molecule has 0 saturated carbocycles. The molecule has 0 saturated heterocycles. The van der Waals surface area contributed by atoms with Crippen molar-refractivity contribution in [2.45, 2.75) is 13.0 Å². The molecular formula is C18H22N2O2. The van der Waals surface area contributed by atoms with Crippen molar-refractivity contribution in [1.82, 2.24) is 4.90 Å². The van der Waals surface area contributed by atoms with Gasteiger partial charge in [-0.15, -0.1) is 0 Å². The van der Waals surface area contributed by atoms with E-state index >= 15 is 0 Å². The molecule has 0 aromatic heterocycles. The van der Waals surface area contributed by atoms with Crippen molar-refractivity contribution in [2.24, 2.45) is 0 Å². The van der Waals surface area contributed by atoms with Crippen molar-refractivity contribution < 1.29 is 9.47 Å². The molecule has 1 aliphatic rings.